The Balaban J connectivity index is 1.94. The van der Waals surface area contributed by atoms with Gasteiger partial charge in [0.25, 0.3) is 0 Å². The summed E-state index contributed by atoms with van der Waals surface area (Å²) in [6.45, 7) is 9.33. The lowest BCUT2D eigenvalue weighted by Gasteiger charge is -2.30. The molecule has 1 aliphatic rings. The standard InChI is InChI=1S/C19H34N4O3/c1-5-13-26-14-10-17-9-8-16(6-2)23(17)12-7-11-22-15(3)20-18(24)21(4)19(22)25/h16-17H,5-14H2,1-4H3. The molecule has 1 saturated heterocycles. The first-order chi connectivity index (χ1) is 12.5. The van der Waals surface area contributed by atoms with E-state index in [1.54, 1.807) is 11.5 Å². The molecule has 0 N–H and O–H groups in total. The average molecular weight is 367 g/mol. The predicted octanol–water partition coefficient (Wildman–Crippen LogP) is 1.70. The topological polar surface area (TPSA) is 69.4 Å². The van der Waals surface area contributed by atoms with E-state index in [0.717, 1.165) is 50.0 Å². The van der Waals surface area contributed by atoms with Crippen molar-refractivity contribution in [3.63, 3.8) is 0 Å². The zero-order valence-electron chi connectivity index (χ0n) is 16.7. The molecule has 1 aliphatic heterocycles. The molecule has 0 bridgehead atoms. The Morgan fingerprint density at radius 3 is 2.54 bits per heavy atom. The highest BCUT2D eigenvalue weighted by molar-refractivity contribution is 4.88. The van der Waals surface area contributed by atoms with Gasteiger partial charge in [-0.2, -0.15) is 4.98 Å². The van der Waals surface area contributed by atoms with Crippen LogP contribution in [0, 0.1) is 6.92 Å². The van der Waals surface area contributed by atoms with Crippen molar-refractivity contribution in [3.05, 3.63) is 26.8 Å². The molecule has 1 fully saturated rings. The van der Waals surface area contributed by atoms with Crippen LogP contribution in [0.4, 0.5) is 0 Å². The molecule has 1 aromatic heterocycles. The third-order valence-corrected chi connectivity index (χ3v) is 5.44. The minimum Gasteiger partial charge on any atom is -0.381 e. The number of aryl methyl sites for hydroxylation is 1. The molecule has 0 amide bonds. The molecule has 0 radical (unpaired) electrons. The van der Waals surface area contributed by atoms with E-state index in [9.17, 15) is 9.59 Å². The normalized spacial score (nSPS) is 20.8. The van der Waals surface area contributed by atoms with E-state index in [1.165, 1.54) is 19.9 Å². The highest BCUT2D eigenvalue weighted by atomic mass is 16.5. The number of hydrogen-bond donors (Lipinski definition) is 0. The molecule has 2 unspecified atom stereocenters. The smallest absolute Gasteiger partial charge is 0.353 e. The Bertz CT molecular complexity index is 682. The van der Waals surface area contributed by atoms with Crippen LogP contribution in [0.5, 0.6) is 0 Å². The summed E-state index contributed by atoms with van der Waals surface area (Å²) in [5.41, 5.74) is -0.762. The van der Waals surface area contributed by atoms with E-state index < -0.39 is 5.69 Å². The summed E-state index contributed by atoms with van der Waals surface area (Å²) in [5.74, 6) is 0.496. The summed E-state index contributed by atoms with van der Waals surface area (Å²) in [4.78, 5) is 30.4. The van der Waals surface area contributed by atoms with E-state index >= 15 is 0 Å². The SMILES string of the molecule is CCCOCCC1CCC(CC)N1CCCn1c(C)nc(=O)n(C)c1=O. The van der Waals surface area contributed by atoms with Gasteiger partial charge in [0.15, 0.2) is 0 Å². The zero-order chi connectivity index (χ0) is 19.1. The number of nitrogens with zero attached hydrogens (tertiary/aromatic N) is 4. The molecule has 0 saturated carbocycles. The fourth-order valence-corrected chi connectivity index (χ4v) is 3.94. The fourth-order valence-electron chi connectivity index (χ4n) is 3.94. The van der Waals surface area contributed by atoms with Gasteiger partial charge >= 0.3 is 11.4 Å². The van der Waals surface area contributed by atoms with E-state index in [-0.39, 0.29) is 5.69 Å². The van der Waals surface area contributed by atoms with Crippen molar-refractivity contribution in [2.24, 2.45) is 7.05 Å². The van der Waals surface area contributed by atoms with Crippen LogP contribution >= 0.6 is 0 Å². The lowest BCUT2D eigenvalue weighted by atomic mass is 10.1. The van der Waals surface area contributed by atoms with Crippen molar-refractivity contribution in [1.82, 2.24) is 19.0 Å². The second-order valence-electron chi connectivity index (χ2n) is 7.22. The first-order valence-electron chi connectivity index (χ1n) is 9.97. The molecule has 26 heavy (non-hydrogen) atoms. The quantitative estimate of drug-likeness (QED) is 0.590. The molecule has 148 valence electrons. The minimum atomic E-state index is -0.485. The van der Waals surface area contributed by atoms with Crippen molar-refractivity contribution in [1.29, 1.82) is 0 Å². The largest absolute Gasteiger partial charge is 0.381 e. The van der Waals surface area contributed by atoms with Gasteiger partial charge in [-0.25, -0.2) is 14.2 Å². The van der Waals surface area contributed by atoms with E-state index in [1.807, 2.05) is 0 Å². The van der Waals surface area contributed by atoms with Crippen LogP contribution in [0.2, 0.25) is 0 Å². The molecule has 2 atom stereocenters. The molecular weight excluding hydrogens is 332 g/mol. The van der Waals surface area contributed by atoms with E-state index in [0.29, 0.717) is 24.5 Å². The molecule has 1 aromatic rings. The molecule has 2 heterocycles. The van der Waals surface area contributed by atoms with Crippen LogP contribution in [0.1, 0.15) is 58.2 Å². The van der Waals surface area contributed by atoms with Gasteiger partial charge in [0.05, 0.1) is 0 Å². The lowest BCUT2D eigenvalue weighted by Crippen LogP contribution is -2.42. The Morgan fingerprint density at radius 2 is 1.85 bits per heavy atom. The number of hydrogen-bond acceptors (Lipinski definition) is 5. The summed E-state index contributed by atoms with van der Waals surface area (Å²) < 4.78 is 8.36. The Labute approximate surface area is 156 Å². The predicted molar refractivity (Wildman–Crippen MR) is 103 cm³/mol. The van der Waals surface area contributed by atoms with Crippen LogP contribution in [0.3, 0.4) is 0 Å². The van der Waals surface area contributed by atoms with Gasteiger partial charge in [0.2, 0.25) is 0 Å². The van der Waals surface area contributed by atoms with Crippen molar-refractivity contribution in [2.45, 2.75) is 77.9 Å². The number of aromatic nitrogens is 3. The Kier molecular flexibility index (Phi) is 8.03. The third-order valence-electron chi connectivity index (χ3n) is 5.44. The molecule has 2 rings (SSSR count). The van der Waals surface area contributed by atoms with Gasteiger partial charge in [-0.1, -0.05) is 13.8 Å². The number of rotatable bonds is 10. The van der Waals surface area contributed by atoms with Crippen molar-refractivity contribution >= 4 is 0 Å². The Hall–Kier alpha value is -1.47. The van der Waals surface area contributed by atoms with Gasteiger partial charge < -0.3 is 4.74 Å². The number of likely N-dealkylation sites (tertiary alicyclic amines) is 1. The van der Waals surface area contributed by atoms with E-state index in [4.69, 9.17) is 4.74 Å². The van der Waals surface area contributed by atoms with Crippen molar-refractivity contribution in [3.8, 4) is 0 Å². The Morgan fingerprint density at radius 1 is 1.12 bits per heavy atom. The molecule has 7 nitrogen and oxygen atoms in total. The maximum absolute atomic E-state index is 12.3. The summed E-state index contributed by atoms with van der Waals surface area (Å²) >= 11 is 0. The second-order valence-corrected chi connectivity index (χ2v) is 7.22. The maximum Gasteiger partial charge on any atom is 0.353 e. The van der Waals surface area contributed by atoms with Crippen LogP contribution in [-0.4, -0.2) is 50.9 Å². The highest BCUT2D eigenvalue weighted by Crippen LogP contribution is 2.28. The summed E-state index contributed by atoms with van der Waals surface area (Å²) in [6, 6.07) is 1.20. The zero-order valence-corrected chi connectivity index (χ0v) is 16.7. The van der Waals surface area contributed by atoms with Crippen LogP contribution in [-0.2, 0) is 18.3 Å². The van der Waals surface area contributed by atoms with Gasteiger partial charge in [0, 0.05) is 45.4 Å². The second kappa shape index (κ2) is 10.0. The van der Waals surface area contributed by atoms with Crippen LogP contribution in [0.15, 0.2) is 9.59 Å². The monoisotopic (exact) mass is 366 g/mol. The summed E-state index contributed by atoms with van der Waals surface area (Å²) in [7, 11) is 1.48. The van der Waals surface area contributed by atoms with Gasteiger partial charge in [-0.3, -0.25) is 9.47 Å². The van der Waals surface area contributed by atoms with Crippen LogP contribution < -0.4 is 11.4 Å². The summed E-state index contributed by atoms with van der Waals surface area (Å²) in [5, 5.41) is 0. The summed E-state index contributed by atoms with van der Waals surface area (Å²) in [6.07, 6.45) is 6.66. The molecule has 7 heteroatoms. The fraction of sp³-hybridized carbons (Fsp3) is 0.842. The average Bonchev–Trinajstić information content (AvgIpc) is 3.01. The van der Waals surface area contributed by atoms with Gasteiger partial charge in [0.1, 0.15) is 5.82 Å². The van der Waals surface area contributed by atoms with E-state index in [2.05, 4.69) is 23.7 Å². The highest BCUT2D eigenvalue weighted by Gasteiger charge is 2.31. The molecule has 0 aromatic carbocycles. The molecular formula is C19H34N4O3. The number of ether oxygens (including phenoxy) is 1. The van der Waals surface area contributed by atoms with Crippen LogP contribution in [0.25, 0.3) is 0 Å². The van der Waals surface area contributed by atoms with Gasteiger partial charge in [-0.05, 0) is 45.4 Å². The van der Waals surface area contributed by atoms with Crippen molar-refractivity contribution < 1.29 is 4.74 Å². The maximum atomic E-state index is 12.3. The first-order valence-corrected chi connectivity index (χ1v) is 9.97. The third kappa shape index (κ3) is 5.04. The molecule has 0 spiro atoms. The minimum absolute atomic E-state index is 0.277. The molecule has 0 aliphatic carbocycles. The lowest BCUT2D eigenvalue weighted by molar-refractivity contribution is 0.0983. The van der Waals surface area contributed by atoms with Crippen molar-refractivity contribution in [2.75, 3.05) is 19.8 Å². The van der Waals surface area contributed by atoms with Gasteiger partial charge in [-0.15, -0.1) is 0 Å². The first kappa shape index (κ1) is 20.8.